The number of likely N-dealkylation sites (tertiary alicyclic amines) is 1. The molecule has 1 aromatic rings. The molecular formula is C22H32N4O3. The van der Waals surface area contributed by atoms with Gasteiger partial charge in [0.05, 0.1) is 4.92 Å². The molecule has 29 heavy (non-hydrogen) atoms. The molecule has 4 rings (SSSR count). The molecule has 1 N–H and O–H groups in total. The zero-order valence-corrected chi connectivity index (χ0v) is 17.3. The minimum Gasteiger partial charge on any atom is -0.321 e. The molecule has 3 fully saturated rings. The summed E-state index contributed by atoms with van der Waals surface area (Å²) in [6.07, 6.45) is 8.22. The van der Waals surface area contributed by atoms with E-state index in [2.05, 4.69) is 22.0 Å². The molecule has 3 aliphatic heterocycles. The highest BCUT2D eigenvalue weighted by molar-refractivity contribution is 5.89. The highest BCUT2D eigenvalue weighted by Crippen LogP contribution is 2.43. The van der Waals surface area contributed by atoms with E-state index in [0.717, 1.165) is 25.8 Å². The summed E-state index contributed by atoms with van der Waals surface area (Å²) >= 11 is 0. The second-order valence-electron chi connectivity index (χ2n) is 8.83. The van der Waals surface area contributed by atoms with Gasteiger partial charge in [-0.15, -0.1) is 0 Å². The van der Waals surface area contributed by atoms with E-state index in [0.29, 0.717) is 23.6 Å². The summed E-state index contributed by atoms with van der Waals surface area (Å²) in [5.41, 5.74) is 0.653. The number of piperidine rings is 3. The fourth-order valence-corrected chi connectivity index (χ4v) is 5.87. The second-order valence-corrected chi connectivity index (χ2v) is 8.83. The Morgan fingerprint density at radius 2 is 1.93 bits per heavy atom. The van der Waals surface area contributed by atoms with Crippen molar-refractivity contribution in [3.63, 3.8) is 0 Å². The van der Waals surface area contributed by atoms with E-state index in [4.69, 9.17) is 0 Å². The van der Waals surface area contributed by atoms with Gasteiger partial charge in [-0.3, -0.25) is 15.0 Å². The van der Waals surface area contributed by atoms with Crippen LogP contribution in [-0.4, -0.2) is 52.5 Å². The smallest absolute Gasteiger partial charge is 0.321 e. The van der Waals surface area contributed by atoms with E-state index in [1.54, 1.807) is 12.1 Å². The van der Waals surface area contributed by atoms with E-state index < -0.39 is 4.92 Å². The van der Waals surface area contributed by atoms with Gasteiger partial charge >= 0.3 is 6.03 Å². The van der Waals surface area contributed by atoms with Gasteiger partial charge < -0.3 is 10.2 Å². The van der Waals surface area contributed by atoms with Crippen LogP contribution >= 0.6 is 0 Å². The van der Waals surface area contributed by atoms with Crippen LogP contribution in [0.15, 0.2) is 24.3 Å². The maximum atomic E-state index is 13.3. The number of nitrogens with zero attached hydrogens (tertiary/aromatic N) is 3. The Morgan fingerprint density at radius 3 is 2.62 bits per heavy atom. The van der Waals surface area contributed by atoms with Crippen LogP contribution in [0.1, 0.15) is 51.9 Å². The van der Waals surface area contributed by atoms with Crippen molar-refractivity contribution < 1.29 is 9.72 Å². The van der Waals surface area contributed by atoms with E-state index in [1.807, 2.05) is 0 Å². The number of nitro groups is 1. The van der Waals surface area contributed by atoms with Crippen molar-refractivity contribution in [1.82, 2.24) is 9.80 Å². The number of hydrogen-bond acceptors (Lipinski definition) is 4. The monoisotopic (exact) mass is 400 g/mol. The molecule has 3 aliphatic rings. The maximum Gasteiger partial charge on any atom is 0.322 e. The maximum absolute atomic E-state index is 13.3. The Kier molecular flexibility index (Phi) is 6.04. The number of hydrogen-bond donors (Lipinski definition) is 1. The minimum atomic E-state index is -0.422. The zero-order chi connectivity index (χ0) is 20.4. The van der Waals surface area contributed by atoms with Crippen LogP contribution < -0.4 is 5.32 Å². The number of urea groups is 1. The van der Waals surface area contributed by atoms with Gasteiger partial charge in [-0.1, -0.05) is 19.8 Å². The normalized spacial score (nSPS) is 29.2. The van der Waals surface area contributed by atoms with Gasteiger partial charge in [-0.05, 0) is 69.2 Å². The van der Waals surface area contributed by atoms with Crippen LogP contribution in [0.5, 0.6) is 0 Å². The zero-order valence-electron chi connectivity index (χ0n) is 17.3. The number of carbonyl (C=O) groups excluding carboxylic acids is 1. The number of carbonyl (C=O) groups is 1. The van der Waals surface area contributed by atoms with Crippen molar-refractivity contribution in [2.45, 2.75) is 64.0 Å². The summed E-state index contributed by atoms with van der Waals surface area (Å²) in [4.78, 5) is 28.5. The molecule has 0 aliphatic carbocycles. The Balaban J connectivity index is 1.53. The lowest BCUT2D eigenvalue weighted by molar-refractivity contribution is -0.384. The number of non-ortho nitro benzene ring substituents is 1. The molecule has 7 heteroatoms. The third-order valence-electron chi connectivity index (χ3n) is 7.12. The number of benzene rings is 1. The van der Waals surface area contributed by atoms with Gasteiger partial charge in [-0.2, -0.15) is 0 Å². The summed E-state index contributed by atoms with van der Waals surface area (Å²) < 4.78 is 0. The summed E-state index contributed by atoms with van der Waals surface area (Å²) in [7, 11) is 0. The average Bonchev–Trinajstić information content (AvgIpc) is 2.73. The van der Waals surface area contributed by atoms with Gasteiger partial charge in [0.1, 0.15) is 0 Å². The molecule has 4 atom stereocenters. The summed E-state index contributed by atoms with van der Waals surface area (Å²) in [5.74, 6) is 1.13. The fourth-order valence-electron chi connectivity index (χ4n) is 5.87. The number of rotatable bonds is 5. The van der Waals surface area contributed by atoms with E-state index in [-0.39, 0.29) is 17.8 Å². The van der Waals surface area contributed by atoms with Crippen molar-refractivity contribution in [2.24, 2.45) is 11.8 Å². The first-order chi connectivity index (χ1) is 14.1. The van der Waals surface area contributed by atoms with Crippen molar-refractivity contribution in [2.75, 3.05) is 25.0 Å². The predicted molar refractivity (Wildman–Crippen MR) is 113 cm³/mol. The first-order valence-electron chi connectivity index (χ1n) is 11.1. The summed E-state index contributed by atoms with van der Waals surface area (Å²) in [6.45, 7) is 5.46. The highest BCUT2D eigenvalue weighted by atomic mass is 16.6. The molecule has 1 aromatic carbocycles. The number of anilines is 1. The fraction of sp³-hybridized carbons (Fsp3) is 0.682. The van der Waals surface area contributed by atoms with Crippen molar-refractivity contribution in [1.29, 1.82) is 0 Å². The standard InChI is InChI=1S/C22H32N4O3/c1-2-3-8-20-19-7-5-14-24-13-4-6-16(21(19)24)15-25(20)22(27)23-17-9-11-18(12-10-17)26(28)29/h9-12,16,19-21H,2-8,13-15H2,1H3,(H,23,27)/t16-,19+,20+,21-/m0/s1. The van der Waals surface area contributed by atoms with Crippen molar-refractivity contribution in [3.05, 3.63) is 34.4 Å². The van der Waals surface area contributed by atoms with E-state index in [9.17, 15) is 14.9 Å². The molecule has 0 radical (unpaired) electrons. The quantitative estimate of drug-likeness (QED) is 0.583. The summed E-state index contributed by atoms with van der Waals surface area (Å²) in [5, 5.41) is 13.9. The van der Waals surface area contributed by atoms with E-state index >= 15 is 0 Å². The molecule has 7 nitrogen and oxygen atoms in total. The lowest BCUT2D eigenvalue weighted by Gasteiger charge is -2.57. The largest absolute Gasteiger partial charge is 0.322 e. The van der Waals surface area contributed by atoms with Crippen LogP contribution in [0.3, 0.4) is 0 Å². The predicted octanol–water partition coefficient (Wildman–Crippen LogP) is 4.49. The molecule has 3 heterocycles. The average molecular weight is 401 g/mol. The lowest BCUT2D eigenvalue weighted by Crippen LogP contribution is -2.66. The SMILES string of the molecule is CCCC[C@@H]1[C@H]2CCCN3CCC[C@@H](CN1C(=O)Nc1ccc([N+](=O)[O-])cc1)[C@@H]23. The third kappa shape index (κ3) is 4.10. The molecule has 0 bridgehead atoms. The van der Waals surface area contributed by atoms with Crippen molar-refractivity contribution in [3.8, 4) is 0 Å². The molecule has 0 aromatic heterocycles. The minimum absolute atomic E-state index is 0.0362. The van der Waals surface area contributed by atoms with E-state index in [1.165, 1.54) is 50.9 Å². The first-order valence-corrected chi connectivity index (χ1v) is 11.1. The second kappa shape index (κ2) is 8.69. The Morgan fingerprint density at radius 1 is 1.21 bits per heavy atom. The highest BCUT2D eigenvalue weighted by Gasteiger charge is 2.49. The lowest BCUT2D eigenvalue weighted by atomic mass is 9.69. The van der Waals surface area contributed by atoms with Gasteiger partial charge in [0, 0.05) is 36.4 Å². The first kappa shape index (κ1) is 20.1. The van der Waals surface area contributed by atoms with Crippen LogP contribution in [0, 0.1) is 22.0 Å². The summed E-state index contributed by atoms with van der Waals surface area (Å²) in [6, 6.07) is 6.99. The Labute approximate surface area is 172 Å². The Hall–Kier alpha value is -2.15. The van der Waals surface area contributed by atoms with Gasteiger partial charge in [0.2, 0.25) is 0 Å². The Bertz CT molecular complexity index is 736. The number of nitrogens with one attached hydrogen (secondary N) is 1. The number of amides is 2. The topological polar surface area (TPSA) is 78.7 Å². The van der Waals surface area contributed by atoms with Gasteiger partial charge in [0.15, 0.2) is 0 Å². The molecule has 0 spiro atoms. The van der Waals surface area contributed by atoms with Crippen LogP contribution in [0.25, 0.3) is 0 Å². The van der Waals surface area contributed by atoms with Crippen molar-refractivity contribution >= 4 is 17.4 Å². The van der Waals surface area contributed by atoms with Gasteiger partial charge in [0.25, 0.3) is 5.69 Å². The molecule has 2 amide bonds. The van der Waals surface area contributed by atoms with Crippen LogP contribution in [-0.2, 0) is 0 Å². The van der Waals surface area contributed by atoms with Crippen LogP contribution in [0.2, 0.25) is 0 Å². The molecule has 3 saturated heterocycles. The molecular weight excluding hydrogens is 368 g/mol. The molecule has 0 saturated carbocycles. The number of nitro benzene ring substituents is 1. The number of unbranched alkanes of at least 4 members (excludes halogenated alkanes) is 1. The molecule has 0 unspecified atom stereocenters. The third-order valence-corrected chi connectivity index (χ3v) is 7.12. The molecule has 158 valence electrons. The van der Waals surface area contributed by atoms with Gasteiger partial charge in [-0.25, -0.2) is 4.79 Å². The van der Waals surface area contributed by atoms with Crippen LogP contribution in [0.4, 0.5) is 16.2 Å².